The predicted octanol–water partition coefficient (Wildman–Crippen LogP) is 4.74. The number of urea groups is 1. The molecule has 3 amide bonds. The minimum absolute atomic E-state index is 0.197. The molecule has 1 aromatic carbocycles. The summed E-state index contributed by atoms with van der Waals surface area (Å²) in [6.07, 6.45) is 1.60. The second-order valence-electron chi connectivity index (χ2n) is 5.57. The van der Waals surface area contributed by atoms with Crippen LogP contribution in [0.2, 0.25) is 0 Å². The summed E-state index contributed by atoms with van der Waals surface area (Å²) in [6, 6.07) is 10.5. The van der Waals surface area contributed by atoms with Gasteiger partial charge in [0.25, 0.3) is 5.91 Å². The molecular formula is C19H18N4O2S2. The average Bonchev–Trinajstić information content (AvgIpc) is 3.31. The highest BCUT2D eigenvalue weighted by atomic mass is 32.1. The molecule has 6 nitrogen and oxygen atoms in total. The van der Waals surface area contributed by atoms with Crippen LogP contribution in [0.5, 0.6) is 0 Å². The third kappa shape index (κ3) is 4.81. The smallest absolute Gasteiger partial charge is 0.319 e. The molecule has 0 spiro atoms. The number of thiophene rings is 1. The molecule has 0 saturated heterocycles. The zero-order valence-electron chi connectivity index (χ0n) is 14.6. The maximum Gasteiger partial charge on any atom is 0.319 e. The molecule has 138 valence electrons. The molecule has 0 bridgehead atoms. The second kappa shape index (κ2) is 8.61. The van der Waals surface area contributed by atoms with Crippen LogP contribution in [-0.4, -0.2) is 23.5 Å². The fourth-order valence-electron chi connectivity index (χ4n) is 2.28. The fraction of sp³-hybridized carbons (Fsp3) is 0.105. The molecule has 0 atom stereocenters. The lowest BCUT2D eigenvalue weighted by atomic mass is 10.2. The van der Waals surface area contributed by atoms with Gasteiger partial charge in [-0.25, -0.2) is 9.78 Å². The molecule has 0 fully saturated rings. The van der Waals surface area contributed by atoms with Crippen molar-refractivity contribution in [3.8, 4) is 9.88 Å². The van der Waals surface area contributed by atoms with Crippen molar-refractivity contribution in [1.82, 2.24) is 10.3 Å². The molecule has 2 aromatic heterocycles. The van der Waals surface area contributed by atoms with E-state index in [0.29, 0.717) is 28.5 Å². The van der Waals surface area contributed by atoms with Gasteiger partial charge in [-0.1, -0.05) is 12.1 Å². The van der Waals surface area contributed by atoms with E-state index in [1.807, 2.05) is 24.4 Å². The number of anilines is 2. The van der Waals surface area contributed by atoms with Crippen molar-refractivity contribution < 1.29 is 9.59 Å². The van der Waals surface area contributed by atoms with Gasteiger partial charge in [0.05, 0.1) is 10.6 Å². The van der Waals surface area contributed by atoms with E-state index < -0.39 is 0 Å². The Hall–Kier alpha value is -2.97. The number of nitrogens with one attached hydrogen (secondary N) is 3. The predicted molar refractivity (Wildman–Crippen MR) is 112 cm³/mol. The van der Waals surface area contributed by atoms with Gasteiger partial charge in [0.15, 0.2) is 0 Å². The van der Waals surface area contributed by atoms with Gasteiger partial charge in [-0.3, -0.25) is 4.79 Å². The van der Waals surface area contributed by atoms with E-state index in [-0.39, 0.29) is 11.9 Å². The average molecular weight is 399 g/mol. The number of benzene rings is 1. The number of amides is 3. The molecule has 0 saturated carbocycles. The van der Waals surface area contributed by atoms with E-state index in [1.54, 1.807) is 41.7 Å². The molecule has 3 aromatic rings. The molecule has 3 N–H and O–H groups in total. The van der Waals surface area contributed by atoms with E-state index in [4.69, 9.17) is 0 Å². The Morgan fingerprint density at radius 3 is 2.48 bits per heavy atom. The van der Waals surface area contributed by atoms with Gasteiger partial charge in [-0.15, -0.1) is 29.3 Å². The van der Waals surface area contributed by atoms with Gasteiger partial charge in [-0.2, -0.15) is 0 Å². The van der Waals surface area contributed by atoms with E-state index in [0.717, 1.165) is 9.88 Å². The minimum Gasteiger partial charge on any atom is -0.334 e. The first-order valence-corrected chi connectivity index (χ1v) is 9.85. The first-order chi connectivity index (χ1) is 13.1. The first-order valence-electron chi connectivity index (χ1n) is 8.15. The van der Waals surface area contributed by atoms with Gasteiger partial charge in [0.1, 0.15) is 9.88 Å². The molecule has 27 heavy (non-hydrogen) atoms. The highest BCUT2D eigenvalue weighted by Crippen LogP contribution is 2.31. The maximum absolute atomic E-state index is 12.6. The number of rotatable bonds is 6. The number of hydrogen-bond acceptors (Lipinski definition) is 5. The Morgan fingerprint density at radius 2 is 1.85 bits per heavy atom. The van der Waals surface area contributed by atoms with Crippen LogP contribution in [0.15, 0.2) is 54.4 Å². The van der Waals surface area contributed by atoms with E-state index in [1.165, 1.54) is 11.3 Å². The minimum atomic E-state index is -0.312. The van der Waals surface area contributed by atoms with Gasteiger partial charge in [0.2, 0.25) is 0 Å². The summed E-state index contributed by atoms with van der Waals surface area (Å²) in [5, 5.41) is 11.0. The summed E-state index contributed by atoms with van der Waals surface area (Å²) in [4.78, 5) is 30.3. The SMILES string of the molecule is C=CCNC(=O)Nc1ccc(NC(=O)c2sc(-c3cccs3)nc2C)cc1. The Morgan fingerprint density at radius 1 is 1.15 bits per heavy atom. The number of thiazole rings is 1. The zero-order valence-corrected chi connectivity index (χ0v) is 16.2. The molecule has 0 aliphatic rings. The van der Waals surface area contributed by atoms with Crippen molar-refractivity contribution in [3.05, 3.63) is 65.0 Å². The molecular weight excluding hydrogens is 380 g/mol. The van der Waals surface area contributed by atoms with Crippen LogP contribution in [0.4, 0.5) is 16.2 Å². The van der Waals surface area contributed by atoms with Gasteiger partial charge in [-0.05, 0) is 42.6 Å². The van der Waals surface area contributed by atoms with Crippen molar-refractivity contribution in [2.24, 2.45) is 0 Å². The lowest BCUT2D eigenvalue weighted by molar-refractivity contribution is 0.103. The van der Waals surface area contributed by atoms with Crippen LogP contribution < -0.4 is 16.0 Å². The Labute approximate surface area is 165 Å². The lowest BCUT2D eigenvalue weighted by Gasteiger charge is -2.08. The Bertz CT molecular complexity index is 947. The lowest BCUT2D eigenvalue weighted by Crippen LogP contribution is -2.28. The summed E-state index contributed by atoms with van der Waals surface area (Å²) < 4.78 is 0. The molecule has 8 heteroatoms. The van der Waals surface area contributed by atoms with Crippen LogP contribution in [0.25, 0.3) is 9.88 Å². The largest absolute Gasteiger partial charge is 0.334 e. The summed E-state index contributed by atoms with van der Waals surface area (Å²) in [6.45, 7) is 5.76. The molecule has 0 unspecified atom stereocenters. The van der Waals surface area contributed by atoms with E-state index in [9.17, 15) is 9.59 Å². The number of aryl methyl sites for hydroxylation is 1. The number of nitrogens with zero attached hydrogens (tertiary/aromatic N) is 1. The summed E-state index contributed by atoms with van der Waals surface area (Å²) in [5.74, 6) is -0.197. The highest BCUT2D eigenvalue weighted by molar-refractivity contribution is 7.22. The first kappa shape index (κ1) is 18.8. The topological polar surface area (TPSA) is 83.1 Å². The van der Waals surface area contributed by atoms with Gasteiger partial charge < -0.3 is 16.0 Å². The van der Waals surface area contributed by atoms with Crippen LogP contribution in [-0.2, 0) is 0 Å². The maximum atomic E-state index is 12.6. The third-order valence-electron chi connectivity index (χ3n) is 3.54. The van der Waals surface area contributed by atoms with Gasteiger partial charge in [0, 0.05) is 17.9 Å². The van der Waals surface area contributed by atoms with Crippen molar-refractivity contribution in [2.45, 2.75) is 6.92 Å². The highest BCUT2D eigenvalue weighted by Gasteiger charge is 2.17. The molecule has 2 heterocycles. The normalized spacial score (nSPS) is 10.3. The summed E-state index contributed by atoms with van der Waals surface area (Å²) in [7, 11) is 0. The van der Waals surface area contributed by atoms with Crippen molar-refractivity contribution in [3.63, 3.8) is 0 Å². The molecule has 0 aliphatic heterocycles. The van der Waals surface area contributed by atoms with Crippen LogP contribution in [0.3, 0.4) is 0 Å². The second-order valence-corrected chi connectivity index (χ2v) is 7.51. The molecule has 0 aliphatic carbocycles. The van der Waals surface area contributed by atoms with E-state index in [2.05, 4.69) is 27.5 Å². The summed E-state index contributed by atoms with van der Waals surface area (Å²) >= 11 is 2.97. The van der Waals surface area contributed by atoms with Crippen LogP contribution >= 0.6 is 22.7 Å². The van der Waals surface area contributed by atoms with Crippen LogP contribution in [0.1, 0.15) is 15.4 Å². The quantitative estimate of drug-likeness (QED) is 0.525. The monoisotopic (exact) mass is 398 g/mol. The van der Waals surface area contributed by atoms with Crippen molar-refractivity contribution >= 4 is 46.0 Å². The Kier molecular flexibility index (Phi) is 6.00. The van der Waals surface area contributed by atoms with Crippen LogP contribution in [0, 0.1) is 6.92 Å². The van der Waals surface area contributed by atoms with Gasteiger partial charge >= 0.3 is 6.03 Å². The molecule has 3 rings (SSSR count). The summed E-state index contributed by atoms with van der Waals surface area (Å²) in [5.41, 5.74) is 1.98. The number of carbonyl (C=O) groups excluding carboxylic acids is 2. The molecule has 0 radical (unpaired) electrons. The fourth-order valence-corrected chi connectivity index (χ4v) is 4.04. The Balaban J connectivity index is 1.64. The number of hydrogen-bond donors (Lipinski definition) is 3. The number of carbonyl (C=O) groups is 2. The van der Waals surface area contributed by atoms with Crippen molar-refractivity contribution in [2.75, 3.05) is 17.2 Å². The van der Waals surface area contributed by atoms with E-state index >= 15 is 0 Å². The van der Waals surface area contributed by atoms with Crippen molar-refractivity contribution in [1.29, 1.82) is 0 Å². The standard InChI is InChI=1S/C19H18N4O2S2/c1-3-10-20-19(25)23-14-8-6-13(7-9-14)22-17(24)16-12(2)21-18(27-16)15-5-4-11-26-15/h3-9,11H,1,10H2,2H3,(H,22,24)(H2,20,23,25). The zero-order chi connectivity index (χ0) is 19.2. The number of aromatic nitrogens is 1. The third-order valence-corrected chi connectivity index (χ3v) is 5.74.